The maximum Gasteiger partial charge on any atom is 0.234 e. The van der Waals surface area contributed by atoms with Crippen LogP contribution < -0.4 is 4.90 Å². The molecule has 1 N–H and O–H groups in total. The van der Waals surface area contributed by atoms with E-state index >= 15 is 0 Å². The molecule has 1 heterocycles. The van der Waals surface area contributed by atoms with Gasteiger partial charge in [0.05, 0.1) is 12.3 Å². The zero-order valence-corrected chi connectivity index (χ0v) is 11.5. The van der Waals surface area contributed by atoms with Crippen LogP contribution in [0.15, 0.2) is 24.3 Å². The lowest BCUT2D eigenvalue weighted by molar-refractivity contribution is -0.133. The van der Waals surface area contributed by atoms with Crippen molar-refractivity contribution in [2.75, 3.05) is 4.90 Å². The lowest BCUT2D eigenvalue weighted by Gasteiger charge is -2.37. The van der Waals surface area contributed by atoms with Crippen LogP contribution in [0.1, 0.15) is 44.1 Å². The lowest BCUT2D eigenvalue weighted by atomic mass is 9.76. The van der Waals surface area contributed by atoms with E-state index in [4.69, 9.17) is 0 Å². The fraction of sp³-hybridized carbons (Fsp3) is 0.500. The van der Waals surface area contributed by atoms with Gasteiger partial charge in [0.15, 0.2) is 0 Å². The fourth-order valence-electron chi connectivity index (χ4n) is 3.61. The van der Waals surface area contributed by atoms with Gasteiger partial charge in [0.25, 0.3) is 0 Å². The summed E-state index contributed by atoms with van der Waals surface area (Å²) in [6.45, 7) is -0.168. The number of carbonyl (C=O) groups is 2. The molecular weight excluding hydrogens is 254 g/mol. The first-order chi connectivity index (χ1) is 9.65. The maximum atomic E-state index is 12.5. The van der Waals surface area contributed by atoms with Crippen LogP contribution in [0.4, 0.5) is 5.69 Å². The Kier molecular flexibility index (Phi) is 3.34. The van der Waals surface area contributed by atoms with Gasteiger partial charge in [-0.3, -0.25) is 14.5 Å². The number of hydrogen-bond acceptors (Lipinski definition) is 3. The third-order valence-corrected chi connectivity index (χ3v) is 4.62. The van der Waals surface area contributed by atoms with Crippen molar-refractivity contribution in [1.29, 1.82) is 0 Å². The number of piperidine rings is 1. The molecule has 4 heteroatoms. The van der Waals surface area contributed by atoms with Crippen molar-refractivity contribution in [1.82, 2.24) is 0 Å². The Morgan fingerprint density at radius 3 is 2.25 bits per heavy atom. The molecule has 1 saturated carbocycles. The second-order valence-electron chi connectivity index (χ2n) is 5.97. The SMILES string of the molecule is O=C1CC2(CCCC2)CC(=O)N1c1ccccc1CO. The molecule has 0 aromatic heterocycles. The first kappa shape index (κ1) is 13.3. The maximum absolute atomic E-state index is 12.5. The van der Waals surface area contributed by atoms with Gasteiger partial charge in [-0.05, 0) is 24.3 Å². The van der Waals surface area contributed by atoms with Crippen LogP contribution in [0.25, 0.3) is 0 Å². The molecule has 106 valence electrons. The number of imide groups is 1. The number of anilines is 1. The molecule has 1 aliphatic heterocycles. The van der Waals surface area contributed by atoms with Crippen molar-refractivity contribution >= 4 is 17.5 Å². The largest absolute Gasteiger partial charge is 0.392 e. The second kappa shape index (κ2) is 5.02. The van der Waals surface area contributed by atoms with E-state index < -0.39 is 0 Å². The van der Waals surface area contributed by atoms with Crippen molar-refractivity contribution < 1.29 is 14.7 Å². The number of aliphatic hydroxyl groups is 1. The van der Waals surface area contributed by atoms with Crippen molar-refractivity contribution in [3.8, 4) is 0 Å². The summed E-state index contributed by atoms with van der Waals surface area (Å²) in [6, 6.07) is 7.06. The number of benzene rings is 1. The molecule has 1 aliphatic carbocycles. The van der Waals surface area contributed by atoms with Gasteiger partial charge in [0.2, 0.25) is 11.8 Å². The Balaban J connectivity index is 1.92. The fourth-order valence-corrected chi connectivity index (χ4v) is 3.61. The average Bonchev–Trinajstić information content (AvgIpc) is 2.86. The van der Waals surface area contributed by atoms with E-state index in [1.54, 1.807) is 24.3 Å². The van der Waals surface area contributed by atoms with Gasteiger partial charge in [-0.1, -0.05) is 31.0 Å². The average molecular weight is 273 g/mol. The predicted molar refractivity (Wildman–Crippen MR) is 75.0 cm³/mol. The van der Waals surface area contributed by atoms with Gasteiger partial charge in [-0.15, -0.1) is 0 Å². The minimum Gasteiger partial charge on any atom is -0.392 e. The molecule has 4 nitrogen and oxygen atoms in total. The molecule has 1 spiro atoms. The van der Waals surface area contributed by atoms with Crippen LogP contribution in [0.5, 0.6) is 0 Å². The highest BCUT2D eigenvalue weighted by Gasteiger charge is 2.45. The number of carbonyl (C=O) groups excluding carboxylic acids is 2. The van der Waals surface area contributed by atoms with Crippen LogP contribution in [0.3, 0.4) is 0 Å². The van der Waals surface area contributed by atoms with Crippen LogP contribution in [-0.4, -0.2) is 16.9 Å². The Bertz CT molecular complexity index is 526. The molecule has 3 rings (SSSR count). The molecule has 0 unspecified atom stereocenters. The van der Waals surface area contributed by atoms with E-state index in [2.05, 4.69) is 0 Å². The first-order valence-corrected chi connectivity index (χ1v) is 7.20. The number of hydrogen-bond donors (Lipinski definition) is 1. The Morgan fingerprint density at radius 2 is 1.65 bits per heavy atom. The van der Waals surface area contributed by atoms with E-state index in [0.29, 0.717) is 24.1 Å². The molecule has 0 radical (unpaired) electrons. The van der Waals surface area contributed by atoms with Gasteiger partial charge >= 0.3 is 0 Å². The summed E-state index contributed by atoms with van der Waals surface area (Å²) in [7, 11) is 0. The van der Waals surface area contributed by atoms with Gasteiger partial charge in [-0.2, -0.15) is 0 Å². The van der Waals surface area contributed by atoms with Crippen molar-refractivity contribution in [3.05, 3.63) is 29.8 Å². The minimum atomic E-state index is -0.168. The lowest BCUT2D eigenvalue weighted by Crippen LogP contribution is -2.47. The topological polar surface area (TPSA) is 57.6 Å². The molecular formula is C16H19NO3. The Hall–Kier alpha value is -1.68. The highest BCUT2D eigenvalue weighted by atomic mass is 16.3. The summed E-state index contributed by atoms with van der Waals surface area (Å²) in [5.74, 6) is -0.242. The standard InChI is InChI=1S/C16H19NO3/c18-11-12-5-1-2-6-13(12)17-14(19)9-16(10-15(17)20)7-3-4-8-16/h1-2,5-6,18H,3-4,7-11H2. The summed E-state index contributed by atoms with van der Waals surface area (Å²) in [6.07, 6.45) is 5.12. The van der Waals surface area contributed by atoms with Gasteiger partial charge in [0.1, 0.15) is 0 Å². The van der Waals surface area contributed by atoms with E-state index in [1.165, 1.54) is 4.90 Å². The van der Waals surface area contributed by atoms with Gasteiger partial charge < -0.3 is 5.11 Å². The number of aliphatic hydroxyl groups excluding tert-OH is 1. The summed E-state index contributed by atoms with van der Waals surface area (Å²) in [4.78, 5) is 26.2. The molecule has 2 fully saturated rings. The highest BCUT2D eigenvalue weighted by molar-refractivity contribution is 6.17. The van der Waals surface area contributed by atoms with Crippen molar-refractivity contribution in [2.24, 2.45) is 5.41 Å². The minimum absolute atomic E-state index is 0.0845. The smallest absolute Gasteiger partial charge is 0.234 e. The number of rotatable bonds is 2. The van der Waals surface area contributed by atoms with Gasteiger partial charge in [-0.25, -0.2) is 0 Å². The molecule has 1 aromatic rings. The molecule has 20 heavy (non-hydrogen) atoms. The van der Waals surface area contributed by atoms with Crippen molar-refractivity contribution in [3.63, 3.8) is 0 Å². The van der Waals surface area contributed by atoms with Gasteiger partial charge in [0, 0.05) is 18.4 Å². The third kappa shape index (κ3) is 2.14. The highest BCUT2D eigenvalue weighted by Crippen LogP contribution is 2.47. The van der Waals surface area contributed by atoms with Crippen LogP contribution in [0, 0.1) is 5.41 Å². The summed E-state index contributed by atoms with van der Waals surface area (Å²) in [5, 5.41) is 9.38. The zero-order valence-electron chi connectivity index (χ0n) is 11.5. The Labute approximate surface area is 118 Å². The molecule has 2 amide bonds. The summed E-state index contributed by atoms with van der Waals surface area (Å²) in [5.41, 5.74) is 1.08. The number of nitrogens with zero attached hydrogens (tertiary/aromatic N) is 1. The van der Waals surface area contributed by atoms with E-state index in [-0.39, 0.29) is 23.8 Å². The molecule has 1 aromatic carbocycles. The summed E-state index contributed by atoms with van der Waals surface area (Å²) >= 11 is 0. The zero-order chi connectivity index (χ0) is 14.2. The van der Waals surface area contributed by atoms with Crippen LogP contribution in [0.2, 0.25) is 0 Å². The van der Waals surface area contributed by atoms with Crippen LogP contribution >= 0.6 is 0 Å². The molecule has 0 atom stereocenters. The second-order valence-corrected chi connectivity index (χ2v) is 5.97. The predicted octanol–water partition coefficient (Wildman–Crippen LogP) is 2.39. The number of amides is 2. The third-order valence-electron chi connectivity index (χ3n) is 4.62. The molecule has 1 saturated heterocycles. The summed E-state index contributed by atoms with van der Waals surface area (Å²) < 4.78 is 0. The molecule has 2 aliphatic rings. The normalized spacial score (nSPS) is 21.8. The quantitative estimate of drug-likeness (QED) is 0.842. The van der Waals surface area contributed by atoms with E-state index in [9.17, 15) is 14.7 Å². The monoisotopic (exact) mass is 273 g/mol. The Morgan fingerprint density at radius 1 is 1.05 bits per heavy atom. The van der Waals surface area contributed by atoms with Crippen molar-refractivity contribution in [2.45, 2.75) is 45.1 Å². The molecule has 0 bridgehead atoms. The number of para-hydroxylation sites is 1. The van der Waals surface area contributed by atoms with E-state index in [0.717, 1.165) is 25.7 Å². The van der Waals surface area contributed by atoms with Crippen LogP contribution in [-0.2, 0) is 16.2 Å². The van der Waals surface area contributed by atoms with E-state index in [1.807, 2.05) is 0 Å². The first-order valence-electron chi connectivity index (χ1n) is 7.20.